The lowest BCUT2D eigenvalue weighted by Gasteiger charge is -2.03. The molecule has 0 nitrogen and oxygen atoms in total. The summed E-state index contributed by atoms with van der Waals surface area (Å²) < 4.78 is 12.0. The second-order valence-corrected chi connectivity index (χ2v) is 2.87. The third kappa shape index (κ3) is 4.07. The van der Waals surface area contributed by atoms with Gasteiger partial charge in [0, 0.05) is 6.42 Å². The average Bonchev–Trinajstić information content (AvgIpc) is 2.14. The van der Waals surface area contributed by atoms with Crippen LogP contribution in [0.5, 0.6) is 0 Å². The fourth-order valence-electron chi connectivity index (χ4n) is 1.23. The van der Waals surface area contributed by atoms with Crippen LogP contribution in [-0.2, 0) is 6.42 Å². The molecule has 0 fully saturated rings. The summed E-state index contributed by atoms with van der Waals surface area (Å²) in [4.78, 5) is 0. The van der Waals surface area contributed by atoms with Crippen molar-refractivity contribution in [2.45, 2.75) is 34.1 Å². The molecule has 0 amide bonds. The van der Waals surface area contributed by atoms with E-state index in [9.17, 15) is 4.39 Å². The van der Waals surface area contributed by atoms with E-state index < -0.39 is 0 Å². The molecule has 0 aliphatic carbocycles. The molecule has 0 unspecified atom stereocenters. The molecular weight excluding hydrogens is 163 g/mol. The summed E-state index contributed by atoms with van der Waals surface area (Å²) in [6.07, 6.45) is 0.548. The average molecular weight is 182 g/mol. The number of benzene rings is 1. The first-order chi connectivity index (χ1) is 6.24. The highest BCUT2D eigenvalue weighted by Gasteiger charge is 1.96. The molecule has 1 rings (SSSR count). The third-order valence-corrected chi connectivity index (χ3v) is 1.86. The minimum Gasteiger partial charge on any atom is -0.251 e. The Morgan fingerprint density at radius 2 is 1.77 bits per heavy atom. The highest BCUT2D eigenvalue weighted by Crippen LogP contribution is 2.10. The first kappa shape index (κ1) is 12.2. The maximum atomic E-state index is 12.0. The van der Waals surface area contributed by atoms with Gasteiger partial charge in [0.05, 0.1) is 6.67 Å². The second-order valence-electron chi connectivity index (χ2n) is 2.87. The van der Waals surface area contributed by atoms with Crippen LogP contribution in [0.1, 0.15) is 30.5 Å². The third-order valence-electron chi connectivity index (χ3n) is 1.86. The standard InChI is InChI=1S/C10H13F.C2H6/c1-8-3-4-10(5-6-11)9(2)7-8;1-2/h3-4,7H,5-6H2,1-2H3;1-2H3. The Bertz CT molecular complexity index is 241. The Morgan fingerprint density at radius 3 is 2.23 bits per heavy atom. The number of hydrogen-bond acceptors (Lipinski definition) is 0. The molecule has 0 N–H and O–H groups in total. The molecule has 0 aliphatic rings. The van der Waals surface area contributed by atoms with E-state index in [1.807, 2.05) is 39.8 Å². The fraction of sp³-hybridized carbons (Fsp3) is 0.500. The van der Waals surface area contributed by atoms with Crippen molar-refractivity contribution in [1.82, 2.24) is 0 Å². The Morgan fingerprint density at radius 1 is 1.15 bits per heavy atom. The minimum atomic E-state index is -0.260. The summed E-state index contributed by atoms with van der Waals surface area (Å²) in [7, 11) is 0. The molecule has 74 valence electrons. The van der Waals surface area contributed by atoms with Crippen molar-refractivity contribution in [2.75, 3.05) is 6.67 Å². The van der Waals surface area contributed by atoms with Crippen LogP contribution >= 0.6 is 0 Å². The number of alkyl halides is 1. The van der Waals surface area contributed by atoms with Crippen LogP contribution in [0, 0.1) is 13.8 Å². The lowest BCUT2D eigenvalue weighted by molar-refractivity contribution is 0.495. The fourth-order valence-corrected chi connectivity index (χ4v) is 1.23. The quantitative estimate of drug-likeness (QED) is 0.652. The molecule has 1 aromatic carbocycles. The molecule has 1 heteroatoms. The van der Waals surface area contributed by atoms with Gasteiger partial charge in [-0.25, -0.2) is 0 Å². The number of halogens is 1. The van der Waals surface area contributed by atoms with E-state index in [0.29, 0.717) is 6.42 Å². The Balaban J connectivity index is 0.000000671. The SMILES string of the molecule is CC.Cc1ccc(CCF)c(C)c1. The van der Waals surface area contributed by atoms with Crippen LogP contribution in [0.3, 0.4) is 0 Å². The monoisotopic (exact) mass is 182 g/mol. The van der Waals surface area contributed by atoms with Crippen LogP contribution < -0.4 is 0 Å². The van der Waals surface area contributed by atoms with Gasteiger partial charge in [-0.15, -0.1) is 0 Å². The van der Waals surface area contributed by atoms with Gasteiger partial charge in [0.25, 0.3) is 0 Å². The Hall–Kier alpha value is -0.850. The molecule has 0 spiro atoms. The predicted molar refractivity (Wildman–Crippen MR) is 56.9 cm³/mol. The largest absolute Gasteiger partial charge is 0.251 e. The van der Waals surface area contributed by atoms with E-state index in [0.717, 1.165) is 5.56 Å². The highest BCUT2D eigenvalue weighted by molar-refractivity contribution is 5.30. The second kappa shape index (κ2) is 6.64. The van der Waals surface area contributed by atoms with Crippen molar-refractivity contribution in [3.8, 4) is 0 Å². The molecule has 13 heavy (non-hydrogen) atoms. The zero-order chi connectivity index (χ0) is 10.3. The summed E-state index contributed by atoms with van der Waals surface area (Å²) >= 11 is 0. The van der Waals surface area contributed by atoms with Gasteiger partial charge in [-0.3, -0.25) is 4.39 Å². The van der Waals surface area contributed by atoms with E-state index in [-0.39, 0.29) is 6.67 Å². The summed E-state index contributed by atoms with van der Waals surface area (Å²) in [6.45, 7) is 7.81. The van der Waals surface area contributed by atoms with E-state index in [1.54, 1.807) is 0 Å². The van der Waals surface area contributed by atoms with Crippen molar-refractivity contribution in [1.29, 1.82) is 0 Å². The number of aryl methyl sites for hydroxylation is 3. The summed E-state index contributed by atoms with van der Waals surface area (Å²) in [5, 5.41) is 0. The van der Waals surface area contributed by atoms with Gasteiger partial charge in [0.15, 0.2) is 0 Å². The van der Waals surface area contributed by atoms with E-state index >= 15 is 0 Å². The van der Waals surface area contributed by atoms with Gasteiger partial charge < -0.3 is 0 Å². The van der Waals surface area contributed by atoms with Crippen LogP contribution in [0.15, 0.2) is 18.2 Å². The van der Waals surface area contributed by atoms with Gasteiger partial charge in [-0.05, 0) is 25.0 Å². The summed E-state index contributed by atoms with van der Waals surface area (Å²) in [6, 6.07) is 6.12. The number of hydrogen-bond donors (Lipinski definition) is 0. The highest BCUT2D eigenvalue weighted by atomic mass is 19.1. The normalized spacial score (nSPS) is 9.00. The molecule has 0 saturated carbocycles. The van der Waals surface area contributed by atoms with Crippen molar-refractivity contribution in [3.63, 3.8) is 0 Å². The topological polar surface area (TPSA) is 0 Å². The van der Waals surface area contributed by atoms with E-state index in [2.05, 4.69) is 6.07 Å². The maximum Gasteiger partial charge on any atom is 0.0934 e. The van der Waals surface area contributed by atoms with Crippen molar-refractivity contribution < 1.29 is 4.39 Å². The molecular formula is C12H19F. The Labute approximate surface area is 80.8 Å². The van der Waals surface area contributed by atoms with Crippen molar-refractivity contribution in [3.05, 3.63) is 34.9 Å². The molecule has 0 radical (unpaired) electrons. The summed E-state index contributed by atoms with van der Waals surface area (Å²) in [5.41, 5.74) is 3.56. The molecule has 0 bridgehead atoms. The van der Waals surface area contributed by atoms with Crippen molar-refractivity contribution >= 4 is 0 Å². The van der Waals surface area contributed by atoms with Gasteiger partial charge in [0.1, 0.15) is 0 Å². The number of rotatable bonds is 2. The van der Waals surface area contributed by atoms with Gasteiger partial charge in [-0.1, -0.05) is 37.6 Å². The van der Waals surface area contributed by atoms with Gasteiger partial charge in [0.2, 0.25) is 0 Å². The summed E-state index contributed by atoms with van der Waals surface area (Å²) in [5.74, 6) is 0. The lowest BCUT2D eigenvalue weighted by Crippen LogP contribution is -1.91. The van der Waals surface area contributed by atoms with E-state index in [1.165, 1.54) is 11.1 Å². The molecule has 0 atom stereocenters. The molecule has 1 aromatic rings. The van der Waals surface area contributed by atoms with Crippen LogP contribution in [0.25, 0.3) is 0 Å². The van der Waals surface area contributed by atoms with Gasteiger partial charge in [-0.2, -0.15) is 0 Å². The van der Waals surface area contributed by atoms with Crippen molar-refractivity contribution in [2.24, 2.45) is 0 Å². The first-order valence-corrected chi connectivity index (χ1v) is 4.86. The van der Waals surface area contributed by atoms with E-state index in [4.69, 9.17) is 0 Å². The Kier molecular flexibility index (Phi) is 6.21. The van der Waals surface area contributed by atoms with Crippen LogP contribution in [0.2, 0.25) is 0 Å². The zero-order valence-corrected chi connectivity index (χ0v) is 9.02. The molecule has 0 heterocycles. The minimum absolute atomic E-state index is 0.260. The predicted octanol–water partition coefficient (Wildman–Crippen LogP) is 3.84. The van der Waals surface area contributed by atoms with Gasteiger partial charge >= 0.3 is 0 Å². The maximum absolute atomic E-state index is 12.0. The smallest absolute Gasteiger partial charge is 0.0934 e. The van der Waals surface area contributed by atoms with Crippen LogP contribution in [0.4, 0.5) is 4.39 Å². The van der Waals surface area contributed by atoms with Crippen LogP contribution in [-0.4, -0.2) is 6.67 Å². The first-order valence-electron chi connectivity index (χ1n) is 4.86. The molecule has 0 saturated heterocycles. The molecule has 0 aliphatic heterocycles. The lowest BCUT2D eigenvalue weighted by atomic mass is 10.0. The zero-order valence-electron chi connectivity index (χ0n) is 9.02. The molecule has 0 aromatic heterocycles.